The van der Waals surface area contributed by atoms with Gasteiger partial charge in [-0.25, -0.2) is 0 Å². The Hall–Kier alpha value is -1.75. The molecule has 0 aromatic heterocycles. The van der Waals surface area contributed by atoms with Crippen LogP contribution in [0.1, 0.15) is 5.56 Å². The highest BCUT2D eigenvalue weighted by Crippen LogP contribution is 2.29. The Labute approximate surface area is 151 Å². The molecule has 1 saturated heterocycles. The van der Waals surface area contributed by atoms with Gasteiger partial charge in [0.05, 0.1) is 30.3 Å². The highest BCUT2D eigenvalue weighted by atomic mass is 35.5. The topological polar surface area (TPSA) is 41.6 Å². The molecule has 126 valence electrons. The Morgan fingerprint density at radius 1 is 1.08 bits per heavy atom. The monoisotopic (exact) mass is 364 g/mol. The average molecular weight is 365 g/mol. The van der Waals surface area contributed by atoms with Crippen molar-refractivity contribution in [3.8, 4) is 0 Å². The van der Waals surface area contributed by atoms with E-state index < -0.39 is 0 Å². The van der Waals surface area contributed by atoms with Crippen LogP contribution in [0.3, 0.4) is 0 Å². The van der Waals surface area contributed by atoms with Crippen molar-refractivity contribution in [3.05, 3.63) is 58.1 Å². The summed E-state index contributed by atoms with van der Waals surface area (Å²) in [5, 5.41) is 4.16. The number of hydrogen-bond acceptors (Lipinski definition) is 3. The number of anilines is 2. The van der Waals surface area contributed by atoms with Gasteiger partial charge in [-0.3, -0.25) is 4.79 Å². The van der Waals surface area contributed by atoms with Crippen LogP contribution in [0.5, 0.6) is 0 Å². The van der Waals surface area contributed by atoms with Gasteiger partial charge in [-0.05, 0) is 35.9 Å². The summed E-state index contributed by atoms with van der Waals surface area (Å²) in [5.74, 6) is -0.0903. The van der Waals surface area contributed by atoms with Crippen LogP contribution in [0.2, 0.25) is 10.0 Å². The van der Waals surface area contributed by atoms with E-state index in [9.17, 15) is 4.79 Å². The van der Waals surface area contributed by atoms with E-state index in [2.05, 4.69) is 10.2 Å². The van der Waals surface area contributed by atoms with E-state index in [0.717, 1.165) is 24.3 Å². The maximum atomic E-state index is 12.2. The molecule has 24 heavy (non-hydrogen) atoms. The molecule has 1 amide bonds. The van der Waals surface area contributed by atoms with E-state index in [1.807, 2.05) is 24.3 Å². The van der Waals surface area contributed by atoms with Crippen LogP contribution in [0.15, 0.2) is 42.5 Å². The fourth-order valence-corrected chi connectivity index (χ4v) is 3.06. The predicted molar refractivity (Wildman–Crippen MR) is 98.3 cm³/mol. The van der Waals surface area contributed by atoms with Gasteiger partial charge >= 0.3 is 0 Å². The molecule has 1 aliphatic rings. The molecule has 4 nitrogen and oxygen atoms in total. The third kappa shape index (κ3) is 4.41. The van der Waals surface area contributed by atoms with Crippen molar-refractivity contribution in [3.63, 3.8) is 0 Å². The Bertz CT molecular complexity index is 713. The third-order valence-corrected chi connectivity index (χ3v) is 4.42. The lowest BCUT2D eigenvalue weighted by molar-refractivity contribution is -0.115. The third-order valence-electron chi connectivity index (χ3n) is 3.86. The molecule has 3 rings (SSSR count). The van der Waals surface area contributed by atoms with Gasteiger partial charge in [-0.2, -0.15) is 0 Å². The van der Waals surface area contributed by atoms with Gasteiger partial charge in [0, 0.05) is 23.8 Å². The SMILES string of the molecule is O=C(Cc1ccc(Cl)cc1)Nc1ccc(N2CCOCC2)c(Cl)c1. The van der Waals surface area contributed by atoms with Crippen molar-refractivity contribution in [2.45, 2.75) is 6.42 Å². The van der Waals surface area contributed by atoms with Crippen molar-refractivity contribution in [2.24, 2.45) is 0 Å². The van der Waals surface area contributed by atoms with Gasteiger partial charge in [0.1, 0.15) is 0 Å². The number of nitrogens with one attached hydrogen (secondary N) is 1. The summed E-state index contributed by atoms with van der Waals surface area (Å²) in [6, 6.07) is 12.8. The fourth-order valence-electron chi connectivity index (χ4n) is 2.64. The van der Waals surface area contributed by atoms with Crippen molar-refractivity contribution in [2.75, 3.05) is 36.5 Å². The highest BCUT2D eigenvalue weighted by molar-refractivity contribution is 6.33. The highest BCUT2D eigenvalue weighted by Gasteiger charge is 2.15. The Kier molecular flexibility index (Phi) is 5.61. The quantitative estimate of drug-likeness (QED) is 0.890. The van der Waals surface area contributed by atoms with Crippen molar-refractivity contribution < 1.29 is 9.53 Å². The van der Waals surface area contributed by atoms with Crippen molar-refractivity contribution >= 4 is 40.5 Å². The molecule has 1 aliphatic heterocycles. The first-order valence-electron chi connectivity index (χ1n) is 7.78. The number of carbonyl (C=O) groups excluding carboxylic acids is 1. The smallest absolute Gasteiger partial charge is 0.228 e. The van der Waals surface area contributed by atoms with E-state index in [1.54, 1.807) is 18.2 Å². The zero-order valence-corrected chi connectivity index (χ0v) is 14.6. The van der Waals surface area contributed by atoms with Crippen LogP contribution in [-0.2, 0) is 16.0 Å². The molecule has 0 atom stereocenters. The second-order valence-corrected chi connectivity index (χ2v) is 6.46. The Morgan fingerprint density at radius 2 is 1.79 bits per heavy atom. The molecule has 0 unspecified atom stereocenters. The number of amides is 1. The summed E-state index contributed by atoms with van der Waals surface area (Å²) in [4.78, 5) is 14.3. The standard InChI is InChI=1S/C18H18Cl2N2O2/c19-14-3-1-13(2-4-14)11-18(23)21-15-5-6-17(16(20)12-15)22-7-9-24-10-8-22/h1-6,12H,7-11H2,(H,21,23). The molecule has 0 saturated carbocycles. The van der Waals surface area contributed by atoms with Gasteiger partial charge in [0.2, 0.25) is 5.91 Å². The average Bonchev–Trinajstić information content (AvgIpc) is 2.58. The summed E-state index contributed by atoms with van der Waals surface area (Å²) in [6.07, 6.45) is 0.292. The Balaban J connectivity index is 1.63. The fraction of sp³-hybridized carbons (Fsp3) is 0.278. The molecule has 0 radical (unpaired) electrons. The van der Waals surface area contributed by atoms with E-state index in [1.165, 1.54) is 0 Å². The van der Waals surface area contributed by atoms with Crippen LogP contribution in [0.4, 0.5) is 11.4 Å². The van der Waals surface area contributed by atoms with Gasteiger partial charge in [0.25, 0.3) is 0 Å². The van der Waals surface area contributed by atoms with E-state index in [-0.39, 0.29) is 5.91 Å². The molecule has 0 aliphatic carbocycles. The summed E-state index contributed by atoms with van der Waals surface area (Å²) in [6.45, 7) is 3.05. The lowest BCUT2D eigenvalue weighted by atomic mass is 10.1. The van der Waals surface area contributed by atoms with Crippen molar-refractivity contribution in [1.29, 1.82) is 0 Å². The van der Waals surface area contributed by atoms with Crippen molar-refractivity contribution in [1.82, 2.24) is 0 Å². The van der Waals surface area contributed by atoms with Gasteiger partial charge < -0.3 is 15.0 Å². The van der Waals surface area contributed by atoms with Crippen LogP contribution >= 0.6 is 23.2 Å². The largest absolute Gasteiger partial charge is 0.378 e. The second kappa shape index (κ2) is 7.88. The van der Waals surface area contributed by atoms with Crippen LogP contribution in [0.25, 0.3) is 0 Å². The molecule has 0 bridgehead atoms. The molecule has 1 heterocycles. The first-order chi connectivity index (χ1) is 11.6. The normalized spacial score (nSPS) is 14.5. The van der Waals surface area contributed by atoms with E-state index >= 15 is 0 Å². The minimum Gasteiger partial charge on any atom is -0.378 e. The van der Waals surface area contributed by atoms with E-state index in [0.29, 0.717) is 35.4 Å². The van der Waals surface area contributed by atoms with Crippen LogP contribution in [0, 0.1) is 0 Å². The molecular weight excluding hydrogens is 347 g/mol. The second-order valence-electron chi connectivity index (χ2n) is 5.62. The molecule has 1 fully saturated rings. The number of rotatable bonds is 4. The number of carbonyl (C=O) groups is 1. The number of ether oxygens (including phenoxy) is 1. The van der Waals surface area contributed by atoms with Gasteiger partial charge in [-0.1, -0.05) is 35.3 Å². The summed E-state index contributed by atoms with van der Waals surface area (Å²) < 4.78 is 5.35. The maximum Gasteiger partial charge on any atom is 0.228 e. The van der Waals surface area contributed by atoms with Crippen LogP contribution in [-0.4, -0.2) is 32.2 Å². The minimum absolute atomic E-state index is 0.0903. The lowest BCUT2D eigenvalue weighted by Gasteiger charge is -2.29. The predicted octanol–water partition coefficient (Wildman–Crippen LogP) is 4.01. The Morgan fingerprint density at radius 3 is 2.46 bits per heavy atom. The lowest BCUT2D eigenvalue weighted by Crippen LogP contribution is -2.36. The minimum atomic E-state index is -0.0903. The van der Waals surface area contributed by atoms with E-state index in [4.69, 9.17) is 27.9 Å². The first kappa shape index (κ1) is 17.1. The molecule has 1 N–H and O–H groups in total. The number of nitrogens with zero attached hydrogens (tertiary/aromatic N) is 1. The number of benzene rings is 2. The number of morpholine rings is 1. The molecule has 2 aromatic rings. The maximum absolute atomic E-state index is 12.2. The zero-order chi connectivity index (χ0) is 16.9. The summed E-state index contributed by atoms with van der Waals surface area (Å²) in [7, 11) is 0. The van der Waals surface area contributed by atoms with Crippen LogP contribution < -0.4 is 10.2 Å². The molecule has 6 heteroatoms. The first-order valence-corrected chi connectivity index (χ1v) is 8.54. The summed E-state index contributed by atoms with van der Waals surface area (Å²) in [5.41, 5.74) is 2.57. The molecular formula is C18H18Cl2N2O2. The summed E-state index contributed by atoms with van der Waals surface area (Å²) >= 11 is 12.2. The zero-order valence-electron chi connectivity index (χ0n) is 13.1. The number of hydrogen-bond donors (Lipinski definition) is 1. The van der Waals surface area contributed by atoms with Gasteiger partial charge in [-0.15, -0.1) is 0 Å². The molecule has 2 aromatic carbocycles. The molecule has 0 spiro atoms. The van der Waals surface area contributed by atoms with Gasteiger partial charge in [0.15, 0.2) is 0 Å². The number of halogens is 2.